The molecule has 2 heteroatoms. The Morgan fingerprint density at radius 2 is 1.83 bits per heavy atom. The molecule has 0 aliphatic heterocycles. The van der Waals surface area contributed by atoms with E-state index in [-0.39, 0.29) is 12.1 Å². The molecule has 0 aromatic heterocycles. The Morgan fingerprint density at radius 1 is 1.22 bits per heavy atom. The highest BCUT2D eigenvalue weighted by Gasteiger charge is 2.32. The molecule has 1 aromatic carbocycles. The van der Waals surface area contributed by atoms with E-state index in [4.69, 9.17) is 0 Å². The first-order chi connectivity index (χ1) is 8.70. The molecule has 1 atom stereocenters. The molecular weight excluding hydrogens is 222 g/mol. The molecule has 1 saturated carbocycles. The van der Waals surface area contributed by atoms with Gasteiger partial charge in [0.15, 0.2) is 0 Å². The average Bonchev–Trinajstić information content (AvgIpc) is 2.90. The number of rotatable bonds is 5. The number of aryl methyl sites for hydroxylation is 1. The van der Waals surface area contributed by atoms with Gasteiger partial charge in [-0.1, -0.05) is 49.6 Å². The summed E-state index contributed by atoms with van der Waals surface area (Å²) in [6.45, 7) is 4.42. The molecule has 18 heavy (non-hydrogen) atoms. The zero-order valence-electron chi connectivity index (χ0n) is 11.6. The number of aliphatic hydroxyl groups excluding tert-OH is 1. The molecule has 1 unspecified atom stereocenters. The molecule has 2 rings (SSSR count). The highest BCUT2D eigenvalue weighted by Crippen LogP contribution is 2.29. The lowest BCUT2D eigenvalue weighted by Gasteiger charge is -2.36. The molecule has 100 valence electrons. The van der Waals surface area contributed by atoms with E-state index in [2.05, 4.69) is 43.4 Å². The van der Waals surface area contributed by atoms with Crippen molar-refractivity contribution in [2.75, 3.05) is 6.61 Å². The van der Waals surface area contributed by atoms with Crippen LogP contribution in [-0.4, -0.2) is 17.8 Å². The SMILES string of the molecule is CCC(CO)(NC1CCCC1)c1ccc(C)cc1. The summed E-state index contributed by atoms with van der Waals surface area (Å²) in [6, 6.07) is 9.13. The van der Waals surface area contributed by atoms with Gasteiger partial charge in [-0.15, -0.1) is 0 Å². The molecule has 2 nitrogen and oxygen atoms in total. The molecule has 0 saturated heterocycles. The minimum atomic E-state index is -0.261. The Labute approximate surface area is 110 Å². The van der Waals surface area contributed by atoms with E-state index in [1.807, 2.05) is 0 Å². The fourth-order valence-corrected chi connectivity index (χ4v) is 2.97. The van der Waals surface area contributed by atoms with Crippen molar-refractivity contribution in [3.05, 3.63) is 35.4 Å². The van der Waals surface area contributed by atoms with Gasteiger partial charge in [0.2, 0.25) is 0 Å². The van der Waals surface area contributed by atoms with Crippen LogP contribution in [0.4, 0.5) is 0 Å². The van der Waals surface area contributed by atoms with E-state index in [1.165, 1.54) is 36.8 Å². The van der Waals surface area contributed by atoms with Crippen molar-refractivity contribution in [3.63, 3.8) is 0 Å². The Bertz CT molecular complexity index is 361. The lowest BCUT2D eigenvalue weighted by molar-refractivity contribution is 0.142. The van der Waals surface area contributed by atoms with Gasteiger partial charge in [0.25, 0.3) is 0 Å². The van der Waals surface area contributed by atoms with Crippen LogP contribution in [0, 0.1) is 6.92 Å². The zero-order valence-corrected chi connectivity index (χ0v) is 11.6. The van der Waals surface area contributed by atoms with Crippen LogP contribution in [0.1, 0.15) is 50.2 Å². The third-order valence-electron chi connectivity index (χ3n) is 4.31. The van der Waals surface area contributed by atoms with Crippen LogP contribution < -0.4 is 5.32 Å². The van der Waals surface area contributed by atoms with Crippen molar-refractivity contribution < 1.29 is 5.11 Å². The van der Waals surface area contributed by atoms with E-state index in [1.54, 1.807) is 0 Å². The molecule has 0 amide bonds. The molecule has 1 aliphatic rings. The minimum Gasteiger partial charge on any atom is -0.394 e. The van der Waals surface area contributed by atoms with Gasteiger partial charge in [0, 0.05) is 6.04 Å². The summed E-state index contributed by atoms with van der Waals surface area (Å²) in [5, 5.41) is 13.6. The van der Waals surface area contributed by atoms with Crippen molar-refractivity contribution >= 4 is 0 Å². The third kappa shape index (κ3) is 2.76. The molecule has 1 aliphatic carbocycles. The van der Waals surface area contributed by atoms with Gasteiger partial charge < -0.3 is 10.4 Å². The highest BCUT2D eigenvalue weighted by molar-refractivity contribution is 5.28. The van der Waals surface area contributed by atoms with Crippen molar-refractivity contribution in [1.29, 1.82) is 0 Å². The Morgan fingerprint density at radius 3 is 2.33 bits per heavy atom. The summed E-state index contributed by atoms with van der Waals surface area (Å²) >= 11 is 0. The van der Waals surface area contributed by atoms with Gasteiger partial charge in [-0.3, -0.25) is 0 Å². The van der Waals surface area contributed by atoms with E-state index >= 15 is 0 Å². The van der Waals surface area contributed by atoms with Crippen molar-refractivity contribution in [3.8, 4) is 0 Å². The standard InChI is InChI=1S/C16H25NO/c1-3-16(12-18,17-15-6-4-5-7-15)14-10-8-13(2)9-11-14/h8-11,15,17-18H,3-7,12H2,1-2H3. The summed E-state index contributed by atoms with van der Waals surface area (Å²) in [6.07, 6.45) is 6.04. The Hall–Kier alpha value is -0.860. The summed E-state index contributed by atoms with van der Waals surface area (Å²) in [5.41, 5.74) is 2.22. The van der Waals surface area contributed by atoms with Crippen LogP contribution in [0.2, 0.25) is 0 Å². The second-order valence-electron chi connectivity index (χ2n) is 5.59. The number of hydrogen-bond acceptors (Lipinski definition) is 2. The van der Waals surface area contributed by atoms with Gasteiger partial charge in [-0.05, 0) is 31.7 Å². The number of nitrogens with one attached hydrogen (secondary N) is 1. The van der Waals surface area contributed by atoms with E-state index in [9.17, 15) is 5.11 Å². The molecular formula is C16H25NO. The quantitative estimate of drug-likeness (QED) is 0.838. The molecule has 0 radical (unpaired) electrons. The zero-order chi connectivity index (χ0) is 13.0. The van der Waals surface area contributed by atoms with Gasteiger partial charge in [-0.2, -0.15) is 0 Å². The van der Waals surface area contributed by atoms with Gasteiger partial charge in [0.1, 0.15) is 0 Å². The smallest absolute Gasteiger partial charge is 0.0668 e. The number of aliphatic hydroxyl groups is 1. The van der Waals surface area contributed by atoms with Crippen LogP contribution in [0.5, 0.6) is 0 Å². The Kier molecular flexibility index (Phi) is 4.41. The molecule has 1 fully saturated rings. The predicted molar refractivity (Wildman–Crippen MR) is 75.6 cm³/mol. The van der Waals surface area contributed by atoms with Gasteiger partial charge >= 0.3 is 0 Å². The molecule has 0 bridgehead atoms. The summed E-state index contributed by atoms with van der Waals surface area (Å²) < 4.78 is 0. The molecule has 1 aromatic rings. The monoisotopic (exact) mass is 247 g/mol. The number of benzene rings is 1. The third-order valence-corrected chi connectivity index (χ3v) is 4.31. The summed E-state index contributed by atoms with van der Waals surface area (Å²) in [7, 11) is 0. The molecule has 0 spiro atoms. The fraction of sp³-hybridized carbons (Fsp3) is 0.625. The summed E-state index contributed by atoms with van der Waals surface area (Å²) in [4.78, 5) is 0. The minimum absolute atomic E-state index is 0.170. The van der Waals surface area contributed by atoms with Crippen LogP contribution in [0.25, 0.3) is 0 Å². The van der Waals surface area contributed by atoms with E-state index in [0.717, 1.165) is 6.42 Å². The second-order valence-corrected chi connectivity index (χ2v) is 5.59. The van der Waals surface area contributed by atoms with Crippen LogP contribution >= 0.6 is 0 Å². The predicted octanol–water partition coefficient (Wildman–Crippen LogP) is 3.12. The van der Waals surface area contributed by atoms with Gasteiger partial charge in [-0.25, -0.2) is 0 Å². The van der Waals surface area contributed by atoms with E-state index < -0.39 is 0 Å². The van der Waals surface area contributed by atoms with Crippen LogP contribution in [-0.2, 0) is 5.54 Å². The van der Waals surface area contributed by atoms with Crippen molar-refractivity contribution in [2.24, 2.45) is 0 Å². The summed E-state index contributed by atoms with van der Waals surface area (Å²) in [5.74, 6) is 0. The van der Waals surface area contributed by atoms with E-state index in [0.29, 0.717) is 6.04 Å². The largest absolute Gasteiger partial charge is 0.394 e. The Balaban J connectivity index is 2.21. The average molecular weight is 247 g/mol. The van der Waals surface area contributed by atoms with Crippen molar-refractivity contribution in [1.82, 2.24) is 5.32 Å². The fourth-order valence-electron chi connectivity index (χ4n) is 2.97. The number of hydrogen-bond donors (Lipinski definition) is 2. The maximum Gasteiger partial charge on any atom is 0.0668 e. The first-order valence-electron chi connectivity index (χ1n) is 7.16. The lowest BCUT2D eigenvalue weighted by atomic mass is 9.86. The molecule has 0 heterocycles. The van der Waals surface area contributed by atoms with Gasteiger partial charge in [0.05, 0.1) is 12.1 Å². The second kappa shape index (κ2) is 5.85. The normalized spacial score (nSPS) is 19.9. The maximum atomic E-state index is 9.90. The topological polar surface area (TPSA) is 32.3 Å². The maximum absolute atomic E-state index is 9.90. The van der Waals surface area contributed by atoms with Crippen LogP contribution in [0.15, 0.2) is 24.3 Å². The van der Waals surface area contributed by atoms with Crippen LogP contribution in [0.3, 0.4) is 0 Å². The lowest BCUT2D eigenvalue weighted by Crippen LogP contribution is -2.49. The first kappa shape index (κ1) is 13.6. The molecule has 2 N–H and O–H groups in total. The first-order valence-corrected chi connectivity index (χ1v) is 7.16. The highest BCUT2D eigenvalue weighted by atomic mass is 16.3. The van der Waals surface area contributed by atoms with Crippen molar-refractivity contribution in [2.45, 2.75) is 57.5 Å².